The number of nitrogens with zero attached hydrogens (tertiary/aromatic N) is 1. The Morgan fingerprint density at radius 1 is 1.00 bits per heavy atom. The molecule has 0 bridgehead atoms. The molecule has 0 saturated heterocycles. The van der Waals surface area contributed by atoms with E-state index in [-0.39, 0.29) is 0 Å². The van der Waals surface area contributed by atoms with Crippen LogP contribution in [0.5, 0.6) is 5.75 Å². The minimum absolute atomic E-state index is 0.446. The summed E-state index contributed by atoms with van der Waals surface area (Å²) < 4.78 is 5.64. The third kappa shape index (κ3) is 3.08. The van der Waals surface area contributed by atoms with Crippen molar-refractivity contribution in [3.63, 3.8) is 0 Å². The molecule has 1 aromatic heterocycles. The van der Waals surface area contributed by atoms with Crippen LogP contribution in [-0.4, -0.2) is 12.1 Å². The van der Waals surface area contributed by atoms with Gasteiger partial charge in [0.05, 0.1) is 12.7 Å². The predicted molar refractivity (Wildman–Crippen MR) is 98.5 cm³/mol. The van der Waals surface area contributed by atoms with E-state index in [1.165, 1.54) is 5.56 Å². The van der Waals surface area contributed by atoms with E-state index in [9.17, 15) is 5.26 Å². The molecule has 1 heterocycles. The van der Waals surface area contributed by atoms with Crippen molar-refractivity contribution >= 4 is 12.2 Å². The second-order valence-electron chi connectivity index (χ2n) is 5.51. The number of H-pyrrole nitrogens is 1. The molecular weight excluding hydrogens is 316 g/mol. The highest BCUT2D eigenvalue weighted by Gasteiger charge is 2.10. The molecule has 0 amide bonds. The van der Waals surface area contributed by atoms with Crippen LogP contribution in [-0.2, 0) is 0 Å². The Hall–Kier alpha value is -2.90. The Kier molecular flexibility index (Phi) is 4.45. The summed E-state index contributed by atoms with van der Waals surface area (Å²) >= 11 is 5.40. The summed E-state index contributed by atoms with van der Waals surface area (Å²) in [6, 6.07) is 20.0. The molecule has 3 rings (SSSR count). The highest BCUT2D eigenvalue weighted by molar-refractivity contribution is 7.71. The fourth-order valence-corrected chi connectivity index (χ4v) is 2.82. The molecule has 0 aliphatic carbocycles. The van der Waals surface area contributed by atoms with Crippen molar-refractivity contribution in [3.05, 3.63) is 70.4 Å². The number of rotatable bonds is 3. The van der Waals surface area contributed by atoms with Crippen LogP contribution in [0.15, 0.2) is 54.6 Å². The highest BCUT2D eigenvalue weighted by Crippen LogP contribution is 2.29. The monoisotopic (exact) mass is 332 g/mol. The van der Waals surface area contributed by atoms with Gasteiger partial charge in [0.25, 0.3) is 0 Å². The van der Waals surface area contributed by atoms with Gasteiger partial charge < -0.3 is 9.72 Å². The fourth-order valence-electron chi connectivity index (χ4n) is 2.56. The Balaban J connectivity index is 2.17. The Bertz CT molecular complexity index is 965. The van der Waals surface area contributed by atoms with Crippen molar-refractivity contribution in [2.75, 3.05) is 7.11 Å². The predicted octanol–water partition coefficient (Wildman–Crippen LogP) is 5.27. The largest absolute Gasteiger partial charge is 0.497 e. The molecule has 0 saturated carbocycles. The Morgan fingerprint density at radius 3 is 2.21 bits per heavy atom. The lowest BCUT2D eigenvalue weighted by Crippen LogP contribution is -1.93. The lowest BCUT2D eigenvalue weighted by Gasteiger charge is -2.10. The summed E-state index contributed by atoms with van der Waals surface area (Å²) in [5, 5.41) is 9.49. The number of pyridine rings is 1. The molecule has 0 unspecified atom stereocenters. The van der Waals surface area contributed by atoms with Crippen molar-refractivity contribution in [2.24, 2.45) is 0 Å². The number of hydrogen-bond acceptors (Lipinski definition) is 3. The van der Waals surface area contributed by atoms with Gasteiger partial charge in [-0.2, -0.15) is 5.26 Å². The maximum atomic E-state index is 9.49. The highest BCUT2D eigenvalue weighted by atomic mass is 32.1. The SMILES string of the molecule is COc1ccc(-c2cc(-c3ccc(C)cc3)c(C#N)c(=S)[nH]2)cc1. The second kappa shape index (κ2) is 6.69. The van der Waals surface area contributed by atoms with Crippen LogP contribution in [0.1, 0.15) is 11.1 Å². The quantitative estimate of drug-likeness (QED) is 0.665. The number of ether oxygens (including phenoxy) is 1. The fraction of sp³-hybridized carbons (Fsp3) is 0.100. The lowest BCUT2D eigenvalue weighted by atomic mass is 9.98. The number of methoxy groups -OCH3 is 1. The third-order valence-electron chi connectivity index (χ3n) is 3.91. The minimum Gasteiger partial charge on any atom is -0.497 e. The van der Waals surface area contributed by atoms with Crippen molar-refractivity contribution < 1.29 is 4.74 Å². The average molecular weight is 332 g/mol. The number of aromatic amines is 1. The number of nitrogens with one attached hydrogen (secondary N) is 1. The molecule has 0 aliphatic rings. The number of benzene rings is 2. The summed E-state index contributed by atoms with van der Waals surface area (Å²) in [5.74, 6) is 0.796. The molecule has 3 nitrogen and oxygen atoms in total. The topological polar surface area (TPSA) is 48.8 Å². The van der Waals surface area contributed by atoms with E-state index in [0.29, 0.717) is 10.2 Å². The zero-order chi connectivity index (χ0) is 17.1. The van der Waals surface area contributed by atoms with Crippen LogP contribution in [0.3, 0.4) is 0 Å². The lowest BCUT2D eigenvalue weighted by molar-refractivity contribution is 0.415. The molecular formula is C20H16N2OS. The van der Waals surface area contributed by atoms with Crippen LogP contribution >= 0.6 is 12.2 Å². The first-order chi connectivity index (χ1) is 11.6. The van der Waals surface area contributed by atoms with Gasteiger partial charge in [0.1, 0.15) is 16.5 Å². The van der Waals surface area contributed by atoms with Gasteiger partial charge in [0, 0.05) is 11.3 Å². The van der Waals surface area contributed by atoms with Gasteiger partial charge in [0.15, 0.2) is 0 Å². The summed E-state index contributed by atoms with van der Waals surface area (Å²) in [5.41, 5.74) is 5.34. The van der Waals surface area contributed by atoms with Crippen LogP contribution in [0.25, 0.3) is 22.4 Å². The molecule has 24 heavy (non-hydrogen) atoms. The number of nitriles is 1. The van der Waals surface area contributed by atoms with Gasteiger partial charge in [-0.3, -0.25) is 0 Å². The van der Waals surface area contributed by atoms with Crippen LogP contribution < -0.4 is 4.74 Å². The maximum Gasteiger partial charge on any atom is 0.122 e. The van der Waals surface area contributed by atoms with E-state index >= 15 is 0 Å². The minimum atomic E-state index is 0.446. The van der Waals surface area contributed by atoms with E-state index in [0.717, 1.165) is 28.1 Å². The first-order valence-corrected chi connectivity index (χ1v) is 7.92. The van der Waals surface area contributed by atoms with Crippen molar-refractivity contribution in [1.29, 1.82) is 5.26 Å². The molecule has 0 aliphatic heterocycles. The van der Waals surface area contributed by atoms with E-state index in [1.807, 2.05) is 61.5 Å². The zero-order valence-electron chi connectivity index (χ0n) is 13.5. The zero-order valence-corrected chi connectivity index (χ0v) is 14.3. The summed E-state index contributed by atoms with van der Waals surface area (Å²) in [6.07, 6.45) is 0. The van der Waals surface area contributed by atoms with Crippen molar-refractivity contribution in [1.82, 2.24) is 4.98 Å². The van der Waals surface area contributed by atoms with E-state index in [4.69, 9.17) is 17.0 Å². The van der Waals surface area contributed by atoms with Crippen LogP contribution in [0.4, 0.5) is 0 Å². The standard InChI is InChI=1S/C20H16N2OS/c1-13-3-5-14(6-4-13)17-11-19(22-20(24)18(17)12-21)15-7-9-16(23-2)10-8-15/h3-11H,1-2H3,(H,22,24). The maximum absolute atomic E-state index is 9.49. The molecule has 0 spiro atoms. The molecule has 2 aromatic carbocycles. The Morgan fingerprint density at radius 2 is 1.62 bits per heavy atom. The van der Waals surface area contributed by atoms with Gasteiger partial charge in [-0.05, 0) is 48.4 Å². The van der Waals surface area contributed by atoms with Gasteiger partial charge in [-0.1, -0.05) is 42.0 Å². The number of hydrogen-bond donors (Lipinski definition) is 1. The van der Waals surface area contributed by atoms with E-state index in [2.05, 4.69) is 11.1 Å². The molecule has 4 heteroatoms. The summed E-state index contributed by atoms with van der Waals surface area (Å²) in [7, 11) is 1.64. The van der Waals surface area contributed by atoms with E-state index in [1.54, 1.807) is 7.11 Å². The molecule has 118 valence electrons. The first kappa shape index (κ1) is 16.0. The van der Waals surface area contributed by atoms with Crippen molar-refractivity contribution in [3.8, 4) is 34.2 Å². The smallest absolute Gasteiger partial charge is 0.122 e. The molecule has 3 aromatic rings. The molecule has 1 N–H and O–H groups in total. The first-order valence-electron chi connectivity index (χ1n) is 7.51. The van der Waals surface area contributed by atoms with Gasteiger partial charge in [0.2, 0.25) is 0 Å². The molecule has 0 radical (unpaired) electrons. The van der Waals surface area contributed by atoms with Crippen molar-refractivity contribution in [2.45, 2.75) is 6.92 Å². The normalized spacial score (nSPS) is 10.2. The van der Waals surface area contributed by atoms with E-state index < -0.39 is 0 Å². The summed E-state index contributed by atoms with van der Waals surface area (Å²) in [6.45, 7) is 2.04. The average Bonchev–Trinajstić information content (AvgIpc) is 2.62. The Labute approximate surface area is 146 Å². The van der Waals surface area contributed by atoms with Gasteiger partial charge in [-0.15, -0.1) is 0 Å². The summed E-state index contributed by atoms with van der Waals surface area (Å²) in [4.78, 5) is 3.15. The van der Waals surface area contributed by atoms with Gasteiger partial charge >= 0.3 is 0 Å². The third-order valence-corrected chi connectivity index (χ3v) is 4.21. The van der Waals surface area contributed by atoms with Gasteiger partial charge in [-0.25, -0.2) is 0 Å². The van der Waals surface area contributed by atoms with Crippen LogP contribution in [0, 0.1) is 22.9 Å². The second-order valence-corrected chi connectivity index (χ2v) is 5.92. The number of aryl methyl sites for hydroxylation is 1. The number of aromatic nitrogens is 1. The molecule has 0 fully saturated rings. The molecule has 0 atom stereocenters. The van der Waals surface area contributed by atoms with Crippen LogP contribution in [0.2, 0.25) is 0 Å².